The highest BCUT2D eigenvalue weighted by molar-refractivity contribution is 6.31. The summed E-state index contributed by atoms with van der Waals surface area (Å²) in [5.41, 5.74) is 0.833. The van der Waals surface area contributed by atoms with E-state index < -0.39 is 5.41 Å². The van der Waals surface area contributed by atoms with Gasteiger partial charge in [0.25, 0.3) is 0 Å². The van der Waals surface area contributed by atoms with Gasteiger partial charge in [0.2, 0.25) is 5.91 Å². The van der Waals surface area contributed by atoms with Crippen LogP contribution in [0.2, 0.25) is 5.02 Å². The maximum absolute atomic E-state index is 12.0. The van der Waals surface area contributed by atoms with Gasteiger partial charge in [-0.2, -0.15) is 0 Å². The lowest BCUT2D eigenvalue weighted by atomic mass is 9.95. The number of anilines is 1. The molecular weight excluding hydrogens is 273 g/mol. The number of hydrogen-bond acceptors (Lipinski definition) is 2. The maximum atomic E-state index is 12.0. The minimum Gasteiger partial charge on any atom is -0.495 e. The first-order valence-electron chi connectivity index (χ1n) is 5.53. The molecule has 1 aromatic carbocycles. The first-order chi connectivity index (χ1) is 8.31. The summed E-state index contributed by atoms with van der Waals surface area (Å²) in [6, 6.07) is 3.46. The third-order valence-electron chi connectivity index (χ3n) is 2.68. The van der Waals surface area contributed by atoms with Crippen LogP contribution in [0.4, 0.5) is 5.69 Å². The van der Waals surface area contributed by atoms with E-state index in [4.69, 9.17) is 27.9 Å². The van der Waals surface area contributed by atoms with Gasteiger partial charge < -0.3 is 10.1 Å². The minimum absolute atomic E-state index is 0.155. The summed E-state index contributed by atoms with van der Waals surface area (Å²) < 4.78 is 5.20. The maximum Gasteiger partial charge on any atom is 0.231 e. The topological polar surface area (TPSA) is 38.3 Å². The van der Waals surface area contributed by atoms with Gasteiger partial charge in [-0.1, -0.05) is 11.6 Å². The van der Waals surface area contributed by atoms with E-state index in [2.05, 4.69) is 5.32 Å². The Morgan fingerprint density at radius 1 is 1.44 bits per heavy atom. The lowest BCUT2D eigenvalue weighted by Gasteiger charge is -2.21. The second-order valence-corrected chi connectivity index (χ2v) is 5.45. The average molecular weight is 290 g/mol. The molecule has 0 radical (unpaired) electrons. The van der Waals surface area contributed by atoms with Crippen molar-refractivity contribution in [2.24, 2.45) is 5.41 Å². The van der Waals surface area contributed by atoms with E-state index in [1.165, 1.54) is 7.11 Å². The van der Waals surface area contributed by atoms with E-state index in [0.29, 0.717) is 16.5 Å². The molecule has 0 heterocycles. The quantitative estimate of drug-likeness (QED) is 0.855. The number of alkyl halides is 1. The Bertz CT molecular complexity index is 459. The number of amides is 1. The number of rotatable bonds is 4. The largest absolute Gasteiger partial charge is 0.495 e. The molecule has 0 unspecified atom stereocenters. The van der Waals surface area contributed by atoms with Crippen molar-refractivity contribution in [1.29, 1.82) is 0 Å². The summed E-state index contributed by atoms with van der Waals surface area (Å²) >= 11 is 11.8. The van der Waals surface area contributed by atoms with Crippen LogP contribution in [0.15, 0.2) is 12.1 Å². The molecule has 0 aromatic heterocycles. The fourth-order valence-corrected chi connectivity index (χ4v) is 1.56. The summed E-state index contributed by atoms with van der Waals surface area (Å²) in [6.07, 6.45) is 0. The van der Waals surface area contributed by atoms with Crippen LogP contribution in [0, 0.1) is 12.3 Å². The Morgan fingerprint density at radius 2 is 2.06 bits per heavy atom. The predicted octanol–water partition coefficient (Wildman–Crippen LogP) is 3.86. The molecule has 0 atom stereocenters. The Morgan fingerprint density at radius 3 is 2.56 bits per heavy atom. The average Bonchev–Trinajstić information content (AvgIpc) is 2.33. The number of methoxy groups -OCH3 is 1. The van der Waals surface area contributed by atoms with Gasteiger partial charge in [0, 0.05) is 17.0 Å². The van der Waals surface area contributed by atoms with E-state index in [-0.39, 0.29) is 11.8 Å². The van der Waals surface area contributed by atoms with Crippen molar-refractivity contribution in [3.63, 3.8) is 0 Å². The van der Waals surface area contributed by atoms with Gasteiger partial charge in [0.1, 0.15) is 5.75 Å². The summed E-state index contributed by atoms with van der Waals surface area (Å²) in [4.78, 5) is 12.0. The molecule has 0 aliphatic heterocycles. The smallest absolute Gasteiger partial charge is 0.231 e. The van der Waals surface area contributed by atoms with Crippen molar-refractivity contribution in [3.8, 4) is 5.75 Å². The molecule has 100 valence electrons. The van der Waals surface area contributed by atoms with Gasteiger partial charge in [-0.15, -0.1) is 11.6 Å². The third-order valence-corrected chi connectivity index (χ3v) is 3.75. The van der Waals surface area contributed by atoms with Crippen molar-refractivity contribution in [1.82, 2.24) is 0 Å². The first-order valence-corrected chi connectivity index (χ1v) is 6.44. The molecule has 1 amide bonds. The molecule has 1 N–H and O–H groups in total. The van der Waals surface area contributed by atoms with Crippen LogP contribution in [-0.4, -0.2) is 18.9 Å². The molecule has 18 heavy (non-hydrogen) atoms. The predicted molar refractivity (Wildman–Crippen MR) is 75.9 cm³/mol. The van der Waals surface area contributed by atoms with Gasteiger partial charge in [-0.25, -0.2) is 0 Å². The van der Waals surface area contributed by atoms with E-state index >= 15 is 0 Å². The van der Waals surface area contributed by atoms with Crippen LogP contribution in [0.5, 0.6) is 5.75 Å². The zero-order valence-corrected chi connectivity index (χ0v) is 12.4. The molecule has 1 aromatic rings. The Kier molecular flexibility index (Phi) is 4.88. The van der Waals surface area contributed by atoms with E-state index in [1.54, 1.807) is 26.0 Å². The normalized spacial score (nSPS) is 11.2. The SMILES string of the molecule is COc1cc(Cl)c(C)cc1NC(=O)C(C)(C)CCl. The Balaban J connectivity index is 3.04. The molecule has 1 rings (SSSR count). The van der Waals surface area contributed by atoms with E-state index in [0.717, 1.165) is 5.56 Å². The van der Waals surface area contributed by atoms with Crippen molar-refractivity contribution in [2.45, 2.75) is 20.8 Å². The van der Waals surface area contributed by atoms with Crippen LogP contribution in [0.25, 0.3) is 0 Å². The summed E-state index contributed by atoms with van der Waals surface area (Å²) in [5.74, 6) is 0.620. The molecule has 0 aliphatic rings. The first kappa shape index (κ1) is 15.1. The number of hydrogen-bond donors (Lipinski definition) is 1. The number of nitrogens with one attached hydrogen (secondary N) is 1. The number of benzene rings is 1. The monoisotopic (exact) mass is 289 g/mol. The number of halogens is 2. The van der Waals surface area contributed by atoms with Crippen LogP contribution in [0.3, 0.4) is 0 Å². The minimum atomic E-state index is -0.639. The molecule has 0 aliphatic carbocycles. The molecule has 0 bridgehead atoms. The van der Waals surface area contributed by atoms with Gasteiger partial charge in [-0.3, -0.25) is 4.79 Å². The molecule has 0 saturated heterocycles. The fourth-order valence-electron chi connectivity index (χ4n) is 1.28. The number of aryl methyl sites for hydroxylation is 1. The van der Waals surface area contributed by atoms with Crippen molar-refractivity contribution >= 4 is 34.8 Å². The highest BCUT2D eigenvalue weighted by Crippen LogP contribution is 2.32. The van der Waals surface area contributed by atoms with Crippen LogP contribution >= 0.6 is 23.2 Å². The number of ether oxygens (including phenoxy) is 1. The lowest BCUT2D eigenvalue weighted by Crippen LogP contribution is -2.32. The number of carbonyl (C=O) groups excluding carboxylic acids is 1. The second kappa shape index (κ2) is 5.81. The molecule has 0 fully saturated rings. The highest BCUT2D eigenvalue weighted by Gasteiger charge is 2.27. The zero-order chi connectivity index (χ0) is 13.9. The Labute approximate surface area is 117 Å². The lowest BCUT2D eigenvalue weighted by molar-refractivity contribution is -0.122. The van der Waals surface area contributed by atoms with Crippen LogP contribution in [0.1, 0.15) is 19.4 Å². The second-order valence-electron chi connectivity index (χ2n) is 4.77. The van der Waals surface area contributed by atoms with Crippen molar-refractivity contribution in [2.75, 3.05) is 18.3 Å². The molecule has 3 nitrogen and oxygen atoms in total. The van der Waals surface area contributed by atoms with E-state index in [1.807, 2.05) is 6.92 Å². The summed E-state index contributed by atoms with van der Waals surface area (Å²) in [7, 11) is 1.53. The Hall–Kier alpha value is -0.930. The highest BCUT2D eigenvalue weighted by atomic mass is 35.5. The molecule has 0 spiro atoms. The zero-order valence-electron chi connectivity index (χ0n) is 10.9. The number of carbonyl (C=O) groups is 1. The fraction of sp³-hybridized carbons (Fsp3) is 0.462. The van der Waals surface area contributed by atoms with Crippen LogP contribution < -0.4 is 10.1 Å². The van der Waals surface area contributed by atoms with Crippen molar-refractivity contribution < 1.29 is 9.53 Å². The van der Waals surface area contributed by atoms with Gasteiger partial charge in [-0.05, 0) is 32.4 Å². The van der Waals surface area contributed by atoms with Gasteiger partial charge >= 0.3 is 0 Å². The third kappa shape index (κ3) is 3.30. The standard InChI is InChI=1S/C13H17Cl2NO2/c1-8-5-10(11(18-4)6-9(8)15)16-12(17)13(2,3)7-14/h5-6H,7H2,1-4H3,(H,16,17). The summed E-state index contributed by atoms with van der Waals surface area (Å²) in [5, 5.41) is 3.41. The van der Waals surface area contributed by atoms with Crippen LogP contribution in [-0.2, 0) is 4.79 Å². The molecule has 5 heteroatoms. The van der Waals surface area contributed by atoms with Gasteiger partial charge in [0.05, 0.1) is 18.2 Å². The van der Waals surface area contributed by atoms with Gasteiger partial charge in [0.15, 0.2) is 0 Å². The van der Waals surface area contributed by atoms with E-state index in [9.17, 15) is 4.79 Å². The molecule has 0 saturated carbocycles. The summed E-state index contributed by atoms with van der Waals surface area (Å²) in [6.45, 7) is 5.43. The molecular formula is C13H17Cl2NO2. The van der Waals surface area contributed by atoms with Crippen molar-refractivity contribution in [3.05, 3.63) is 22.7 Å².